The number of carbonyl (C=O) groups is 1. The van der Waals surface area contributed by atoms with Gasteiger partial charge in [-0.1, -0.05) is 0 Å². The van der Waals surface area contributed by atoms with Crippen molar-refractivity contribution >= 4 is 33.0 Å². The first-order chi connectivity index (χ1) is 5.89. The average Bonchev–Trinajstić information content (AvgIpc) is 2.33. The summed E-state index contributed by atoms with van der Waals surface area (Å²) in [4.78, 5) is 12.6. The number of ketones is 1. The van der Waals surface area contributed by atoms with E-state index in [4.69, 9.17) is 5.73 Å². The van der Waals surface area contributed by atoms with Gasteiger partial charge < -0.3 is 5.73 Å². The molecule has 2 nitrogen and oxygen atoms in total. The normalized spacial score (nSPS) is 11.7. The maximum atomic E-state index is 11.5. The van der Waals surface area contributed by atoms with Crippen LogP contribution in [0, 0.1) is 0 Å². The van der Waals surface area contributed by atoms with E-state index in [1.165, 1.54) is 0 Å². The molecule has 0 bridgehead atoms. The molecule has 1 rings (SSSR count). The number of halogens is 1. The van der Waals surface area contributed by atoms with E-state index in [0.717, 1.165) is 8.66 Å². The zero-order valence-electron chi connectivity index (χ0n) is 7.63. The first-order valence-corrected chi connectivity index (χ1v) is 5.57. The Morgan fingerprint density at radius 2 is 2.23 bits per heavy atom. The summed E-state index contributed by atoms with van der Waals surface area (Å²) in [6.45, 7) is 3.47. The summed E-state index contributed by atoms with van der Waals surface area (Å²) in [6, 6.07) is 3.88. The van der Waals surface area contributed by atoms with Crippen LogP contribution in [0.3, 0.4) is 0 Å². The van der Waals surface area contributed by atoms with Gasteiger partial charge in [0.05, 0.1) is 9.33 Å². The van der Waals surface area contributed by atoms with Crippen molar-refractivity contribution in [2.24, 2.45) is 5.73 Å². The quantitative estimate of drug-likeness (QED) is 0.908. The van der Waals surface area contributed by atoms with Gasteiger partial charge in [0.2, 0.25) is 0 Å². The first kappa shape index (κ1) is 10.9. The Bertz CT molecular complexity index is 314. The number of rotatable bonds is 3. The molecular weight excluding hydrogens is 250 g/mol. The number of hydrogen-bond acceptors (Lipinski definition) is 3. The fraction of sp³-hybridized carbons (Fsp3) is 0.444. The number of carbonyl (C=O) groups excluding carboxylic acids is 1. The van der Waals surface area contributed by atoms with Crippen LogP contribution in [0.4, 0.5) is 0 Å². The molecule has 0 aliphatic carbocycles. The Labute approximate surface area is 90.3 Å². The Morgan fingerprint density at radius 3 is 2.62 bits per heavy atom. The second-order valence-electron chi connectivity index (χ2n) is 3.53. The summed E-state index contributed by atoms with van der Waals surface area (Å²) in [7, 11) is 0. The maximum absolute atomic E-state index is 11.5. The Balaban J connectivity index is 2.65. The third-order valence-electron chi connectivity index (χ3n) is 1.68. The molecular formula is C9H12BrNOS. The van der Waals surface area contributed by atoms with Crippen LogP contribution in [-0.2, 0) is 11.2 Å². The second kappa shape index (κ2) is 3.90. The van der Waals surface area contributed by atoms with Gasteiger partial charge in [0.15, 0.2) is 5.78 Å². The maximum Gasteiger partial charge on any atom is 0.157 e. The molecule has 0 saturated carbocycles. The zero-order valence-corrected chi connectivity index (χ0v) is 10.0. The van der Waals surface area contributed by atoms with E-state index in [1.54, 1.807) is 25.2 Å². The van der Waals surface area contributed by atoms with Gasteiger partial charge in [-0.3, -0.25) is 4.79 Å². The molecule has 0 unspecified atom stereocenters. The minimum atomic E-state index is -0.726. The molecule has 0 aliphatic heterocycles. The molecule has 0 aromatic carbocycles. The fourth-order valence-electron chi connectivity index (χ4n) is 0.833. The lowest BCUT2D eigenvalue weighted by Gasteiger charge is -2.15. The minimum absolute atomic E-state index is 0.0712. The molecule has 0 saturated heterocycles. The Morgan fingerprint density at radius 1 is 1.62 bits per heavy atom. The van der Waals surface area contributed by atoms with Crippen LogP contribution in [0.5, 0.6) is 0 Å². The lowest BCUT2D eigenvalue weighted by molar-refractivity contribution is -0.122. The van der Waals surface area contributed by atoms with Gasteiger partial charge in [-0.15, -0.1) is 11.3 Å². The molecule has 1 aromatic heterocycles. The van der Waals surface area contributed by atoms with Gasteiger partial charge in [0, 0.05) is 11.3 Å². The van der Waals surface area contributed by atoms with Crippen LogP contribution >= 0.6 is 27.3 Å². The van der Waals surface area contributed by atoms with Crippen molar-refractivity contribution in [3.05, 3.63) is 20.8 Å². The van der Waals surface area contributed by atoms with E-state index in [0.29, 0.717) is 6.42 Å². The van der Waals surface area contributed by atoms with Crippen molar-refractivity contribution in [3.8, 4) is 0 Å². The Kier molecular flexibility index (Phi) is 3.27. The third kappa shape index (κ3) is 3.21. The summed E-state index contributed by atoms with van der Waals surface area (Å²) >= 11 is 4.92. The van der Waals surface area contributed by atoms with Gasteiger partial charge in [-0.2, -0.15) is 0 Å². The lowest BCUT2D eigenvalue weighted by Crippen LogP contribution is -2.42. The highest BCUT2D eigenvalue weighted by Gasteiger charge is 2.22. The van der Waals surface area contributed by atoms with Gasteiger partial charge in [0.25, 0.3) is 0 Å². The van der Waals surface area contributed by atoms with Gasteiger partial charge in [-0.05, 0) is 41.9 Å². The lowest BCUT2D eigenvalue weighted by atomic mass is 9.98. The SMILES string of the molecule is CC(C)(N)C(=O)Cc1ccc(Br)s1. The predicted molar refractivity (Wildman–Crippen MR) is 59.0 cm³/mol. The van der Waals surface area contributed by atoms with Crippen LogP contribution in [0.1, 0.15) is 18.7 Å². The van der Waals surface area contributed by atoms with Crippen molar-refractivity contribution < 1.29 is 4.79 Å². The predicted octanol–water partition coefficient (Wildman–Crippen LogP) is 2.36. The zero-order chi connectivity index (χ0) is 10.1. The van der Waals surface area contributed by atoms with Crippen molar-refractivity contribution in [2.45, 2.75) is 25.8 Å². The molecule has 0 radical (unpaired) electrons. The second-order valence-corrected chi connectivity index (χ2v) is 6.08. The highest BCUT2D eigenvalue weighted by Crippen LogP contribution is 2.23. The van der Waals surface area contributed by atoms with Crippen LogP contribution in [0.25, 0.3) is 0 Å². The smallest absolute Gasteiger partial charge is 0.157 e. The third-order valence-corrected chi connectivity index (χ3v) is 3.31. The number of Topliss-reactive ketones (excluding diaryl/α,β-unsaturated/α-hetero) is 1. The highest BCUT2D eigenvalue weighted by atomic mass is 79.9. The first-order valence-electron chi connectivity index (χ1n) is 3.96. The molecule has 0 fully saturated rings. The summed E-state index contributed by atoms with van der Waals surface area (Å²) in [6.07, 6.45) is 0.430. The average molecular weight is 262 g/mol. The molecule has 4 heteroatoms. The number of nitrogens with two attached hydrogens (primary N) is 1. The fourth-order valence-corrected chi connectivity index (χ4v) is 2.31. The summed E-state index contributed by atoms with van der Waals surface area (Å²) < 4.78 is 1.05. The van der Waals surface area contributed by atoms with Crippen molar-refractivity contribution in [2.75, 3.05) is 0 Å². The van der Waals surface area contributed by atoms with Gasteiger partial charge in [-0.25, -0.2) is 0 Å². The largest absolute Gasteiger partial charge is 0.319 e. The molecule has 0 atom stereocenters. The van der Waals surface area contributed by atoms with Gasteiger partial charge in [0.1, 0.15) is 0 Å². The molecule has 72 valence electrons. The van der Waals surface area contributed by atoms with Crippen molar-refractivity contribution in [1.29, 1.82) is 0 Å². The molecule has 1 aromatic rings. The highest BCUT2D eigenvalue weighted by molar-refractivity contribution is 9.11. The van der Waals surface area contributed by atoms with Crippen LogP contribution < -0.4 is 5.73 Å². The summed E-state index contributed by atoms with van der Waals surface area (Å²) in [5, 5.41) is 0. The topological polar surface area (TPSA) is 43.1 Å². The van der Waals surface area contributed by atoms with Crippen LogP contribution in [0.15, 0.2) is 15.9 Å². The molecule has 1 heterocycles. The minimum Gasteiger partial charge on any atom is -0.319 e. The summed E-state index contributed by atoms with van der Waals surface area (Å²) in [5.41, 5.74) is 4.95. The van der Waals surface area contributed by atoms with Crippen molar-refractivity contribution in [3.63, 3.8) is 0 Å². The van der Waals surface area contributed by atoms with E-state index in [2.05, 4.69) is 15.9 Å². The summed E-state index contributed by atoms with van der Waals surface area (Å²) in [5.74, 6) is 0.0712. The van der Waals surface area contributed by atoms with E-state index in [9.17, 15) is 4.79 Å². The number of thiophene rings is 1. The Hall–Kier alpha value is -0.190. The van der Waals surface area contributed by atoms with E-state index < -0.39 is 5.54 Å². The van der Waals surface area contributed by atoms with E-state index in [1.807, 2.05) is 12.1 Å². The molecule has 2 N–H and O–H groups in total. The van der Waals surface area contributed by atoms with E-state index >= 15 is 0 Å². The molecule has 13 heavy (non-hydrogen) atoms. The van der Waals surface area contributed by atoms with Crippen LogP contribution in [0.2, 0.25) is 0 Å². The van der Waals surface area contributed by atoms with Gasteiger partial charge >= 0.3 is 0 Å². The molecule has 0 amide bonds. The van der Waals surface area contributed by atoms with Crippen molar-refractivity contribution in [1.82, 2.24) is 0 Å². The molecule has 0 aliphatic rings. The number of hydrogen-bond donors (Lipinski definition) is 1. The van der Waals surface area contributed by atoms with Crippen LogP contribution in [-0.4, -0.2) is 11.3 Å². The monoisotopic (exact) mass is 261 g/mol. The standard InChI is InChI=1S/C9H12BrNOS/c1-9(2,11)7(12)5-6-3-4-8(10)13-6/h3-4H,5,11H2,1-2H3. The van der Waals surface area contributed by atoms with E-state index in [-0.39, 0.29) is 5.78 Å². The molecule has 0 spiro atoms.